The van der Waals surface area contributed by atoms with Crippen LogP contribution in [0.5, 0.6) is 0 Å². The molecule has 0 saturated carbocycles. The second kappa shape index (κ2) is 7.43. The fourth-order valence-electron chi connectivity index (χ4n) is 2.73. The average molecular weight is 278 g/mol. The molecule has 0 bridgehead atoms. The first-order chi connectivity index (χ1) is 9.78. The third kappa shape index (κ3) is 3.60. The van der Waals surface area contributed by atoms with E-state index >= 15 is 0 Å². The predicted molar refractivity (Wildman–Crippen MR) is 82.2 cm³/mol. The Morgan fingerprint density at radius 3 is 2.95 bits per heavy atom. The Morgan fingerprint density at radius 1 is 1.40 bits per heavy atom. The summed E-state index contributed by atoms with van der Waals surface area (Å²) in [7, 11) is 1.68. The standard InChI is InChI=1S/C15H26N4O/c1-4-8-16-13-10-15(18-14(17-13)11-20-3)19-9-6-7-12(19)5-2/h10,12H,4-9,11H2,1-3H3,(H,16,17,18). The van der Waals surface area contributed by atoms with Gasteiger partial charge in [-0.25, -0.2) is 9.97 Å². The molecule has 0 aliphatic carbocycles. The maximum atomic E-state index is 5.19. The van der Waals surface area contributed by atoms with E-state index in [4.69, 9.17) is 4.74 Å². The highest BCUT2D eigenvalue weighted by Crippen LogP contribution is 2.27. The Morgan fingerprint density at radius 2 is 2.25 bits per heavy atom. The molecule has 5 nitrogen and oxygen atoms in total. The lowest BCUT2D eigenvalue weighted by atomic mass is 10.2. The zero-order chi connectivity index (χ0) is 14.4. The zero-order valence-corrected chi connectivity index (χ0v) is 12.9. The van der Waals surface area contributed by atoms with Crippen molar-refractivity contribution in [2.75, 3.05) is 30.4 Å². The molecule has 1 N–H and O–H groups in total. The SMILES string of the molecule is CCCNc1cc(N2CCCC2CC)nc(COC)n1. The zero-order valence-electron chi connectivity index (χ0n) is 12.9. The Balaban J connectivity index is 2.23. The molecule has 0 spiro atoms. The maximum Gasteiger partial charge on any atom is 0.158 e. The van der Waals surface area contributed by atoms with Gasteiger partial charge in [0.2, 0.25) is 0 Å². The van der Waals surface area contributed by atoms with Crippen molar-refractivity contribution < 1.29 is 4.74 Å². The normalized spacial score (nSPS) is 18.6. The van der Waals surface area contributed by atoms with Crippen LogP contribution in [0.3, 0.4) is 0 Å². The number of anilines is 2. The summed E-state index contributed by atoms with van der Waals surface area (Å²) in [6.45, 7) is 6.88. The number of methoxy groups -OCH3 is 1. The van der Waals surface area contributed by atoms with Crippen LogP contribution in [-0.4, -0.2) is 36.2 Å². The van der Waals surface area contributed by atoms with Crippen molar-refractivity contribution in [2.45, 2.75) is 52.2 Å². The van der Waals surface area contributed by atoms with Crippen molar-refractivity contribution in [1.82, 2.24) is 9.97 Å². The minimum atomic E-state index is 0.458. The fourth-order valence-corrected chi connectivity index (χ4v) is 2.73. The molecule has 0 amide bonds. The van der Waals surface area contributed by atoms with E-state index in [1.54, 1.807) is 7.11 Å². The van der Waals surface area contributed by atoms with Gasteiger partial charge >= 0.3 is 0 Å². The number of nitrogens with one attached hydrogen (secondary N) is 1. The van der Waals surface area contributed by atoms with Crippen molar-refractivity contribution >= 4 is 11.6 Å². The summed E-state index contributed by atoms with van der Waals surface area (Å²) in [5.74, 6) is 2.70. The second-order valence-corrected chi connectivity index (χ2v) is 5.29. The largest absolute Gasteiger partial charge is 0.377 e. The van der Waals surface area contributed by atoms with Crippen LogP contribution >= 0.6 is 0 Å². The van der Waals surface area contributed by atoms with Gasteiger partial charge in [-0.3, -0.25) is 0 Å². The molecule has 1 unspecified atom stereocenters. The number of hydrogen-bond donors (Lipinski definition) is 1. The highest BCUT2D eigenvalue weighted by molar-refractivity contribution is 5.50. The van der Waals surface area contributed by atoms with E-state index in [1.807, 2.05) is 0 Å². The van der Waals surface area contributed by atoms with Crippen molar-refractivity contribution in [3.05, 3.63) is 11.9 Å². The van der Waals surface area contributed by atoms with E-state index < -0.39 is 0 Å². The Kier molecular flexibility index (Phi) is 5.59. The Hall–Kier alpha value is -1.36. The van der Waals surface area contributed by atoms with Crippen LogP contribution in [0.25, 0.3) is 0 Å². The lowest BCUT2D eigenvalue weighted by Crippen LogP contribution is -2.29. The highest BCUT2D eigenvalue weighted by Gasteiger charge is 2.24. The van der Waals surface area contributed by atoms with Gasteiger partial charge in [-0.2, -0.15) is 0 Å². The van der Waals surface area contributed by atoms with Gasteiger partial charge in [-0.15, -0.1) is 0 Å². The first kappa shape index (κ1) is 15.0. The van der Waals surface area contributed by atoms with Crippen molar-refractivity contribution in [2.24, 2.45) is 0 Å². The first-order valence-electron chi connectivity index (χ1n) is 7.65. The minimum Gasteiger partial charge on any atom is -0.377 e. The predicted octanol–water partition coefficient (Wildman–Crippen LogP) is 2.82. The molecule has 0 aromatic carbocycles. The van der Waals surface area contributed by atoms with Crippen molar-refractivity contribution in [3.8, 4) is 0 Å². The van der Waals surface area contributed by atoms with Gasteiger partial charge in [0.1, 0.15) is 18.2 Å². The molecule has 2 rings (SSSR count). The molecule has 0 radical (unpaired) electrons. The summed E-state index contributed by atoms with van der Waals surface area (Å²) in [4.78, 5) is 11.6. The number of aromatic nitrogens is 2. The summed E-state index contributed by atoms with van der Waals surface area (Å²) in [6.07, 6.45) is 4.76. The van der Waals surface area contributed by atoms with Crippen LogP contribution in [0.15, 0.2) is 6.07 Å². The van der Waals surface area contributed by atoms with E-state index in [2.05, 4.69) is 40.1 Å². The van der Waals surface area contributed by atoms with E-state index in [0.717, 1.165) is 37.0 Å². The van der Waals surface area contributed by atoms with E-state index in [9.17, 15) is 0 Å². The Labute approximate surface area is 121 Å². The molecule has 2 heterocycles. The summed E-state index contributed by atoms with van der Waals surface area (Å²) in [6, 6.07) is 2.68. The van der Waals surface area contributed by atoms with Crippen molar-refractivity contribution in [1.29, 1.82) is 0 Å². The molecule has 112 valence electrons. The van der Waals surface area contributed by atoms with Crippen LogP contribution < -0.4 is 10.2 Å². The Bertz CT molecular complexity index is 424. The minimum absolute atomic E-state index is 0.458. The fraction of sp³-hybridized carbons (Fsp3) is 0.733. The van der Waals surface area contributed by atoms with Gasteiger partial charge in [0.05, 0.1) is 0 Å². The van der Waals surface area contributed by atoms with Crippen molar-refractivity contribution in [3.63, 3.8) is 0 Å². The van der Waals surface area contributed by atoms with Crippen LogP contribution in [0.4, 0.5) is 11.6 Å². The quantitative estimate of drug-likeness (QED) is 0.831. The molecule has 1 aliphatic rings. The van der Waals surface area contributed by atoms with E-state index in [-0.39, 0.29) is 0 Å². The molecular formula is C15H26N4O. The monoisotopic (exact) mass is 278 g/mol. The molecule has 1 atom stereocenters. The first-order valence-corrected chi connectivity index (χ1v) is 7.65. The molecule has 1 aromatic rings. The average Bonchev–Trinajstić information content (AvgIpc) is 2.93. The lowest BCUT2D eigenvalue weighted by molar-refractivity contribution is 0.178. The van der Waals surface area contributed by atoms with Gasteiger partial charge < -0.3 is 15.0 Å². The number of rotatable bonds is 7. The molecule has 20 heavy (non-hydrogen) atoms. The highest BCUT2D eigenvalue weighted by atomic mass is 16.5. The van der Waals surface area contributed by atoms with Gasteiger partial charge in [-0.05, 0) is 25.7 Å². The number of ether oxygens (including phenoxy) is 1. The van der Waals surface area contributed by atoms with Crippen LogP contribution in [-0.2, 0) is 11.3 Å². The summed E-state index contributed by atoms with van der Waals surface area (Å²) >= 11 is 0. The lowest BCUT2D eigenvalue weighted by Gasteiger charge is -2.25. The summed E-state index contributed by atoms with van der Waals surface area (Å²) in [5.41, 5.74) is 0. The molecule has 1 fully saturated rings. The maximum absolute atomic E-state index is 5.19. The number of nitrogens with zero attached hydrogens (tertiary/aromatic N) is 3. The van der Waals surface area contributed by atoms with Crippen LogP contribution in [0.1, 0.15) is 45.4 Å². The van der Waals surface area contributed by atoms with Gasteiger partial charge in [0, 0.05) is 32.3 Å². The van der Waals surface area contributed by atoms with Crippen LogP contribution in [0.2, 0.25) is 0 Å². The molecule has 5 heteroatoms. The third-order valence-electron chi connectivity index (χ3n) is 3.73. The van der Waals surface area contributed by atoms with Gasteiger partial charge in [0.15, 0.2) is 5.82 Å². The molecular weight excluding hydrogens is 252 g/mol. The van der Waals surface area contributed by atoms with Crippen LogP contribution in [0, 0.1) is 0 Å². The molecule has 1 aliphatic heterocycles. The molecule has 1 saturated heterocycles. The second-order valence-electron chi connectivity index (χ2n) is 5.29. The topological polar surface area (TPSA) is 50.3 Å². The smallest absolute Gasteiger partial charge is 0.158 e. The van der Waals surface area contributed by atoms with E-state index in [1.165, 1.54) is 19.3 Å². The van der Waals surface area contributed by atoms with Gasteiger partial charge in [0.25, 0.3) is 0 Å². The summed E-state index contributed by atoms with van der Waals surface area (Å²) < 4.78 is 5.19. The third-order valence-corrected chi connectivity index (χ3v) is 3.73. The summed E-state index contributed by atoms with van der Waals surface area (Å²) in [5, 5.41) is 3.36. The molecule has 1 aromatic heterocycles. The van der Waals surface area contributed by atoms with E-state index in [0.29, 0.717) is 12.6 Å². The number of hydrogen-bond acceptors (Lipinski definition) is 5. The van der Waals surface area contributed by atoms with Gasteiger partial charge in [-0.1, -0.05) is 13.8 Å².